The number of carboxylic acids is 1. The van der Waals surface area contributed by atoms with Crippen molar-refractivity contribution in [2.45, 2.75) is 6.42 Å². The molecule has 7 heteroatoms. The fourth-order valence-electron chi connectivity index (χ4n) is 2.21. The average Bonchev–Trinajstić information content (AvgIpc) is 2.81. The summed E-state index contributed by atoms with van der Waals surface area (Å²) in [5.74, 6) is -1.75. The highest BCUT2D eigenvalue weighted by Crippen LogP contribution is 2.26. The van der Waals surface area contributed by atoms with E-state index in [0.29, 0.717) is 15.9 Å². The van der Waals surface area contributed by atoms with E-state index in [9.17, 15) is 9.59 Å². The second-order valence-corrected chi connectivity index (χ2v) is 4.99. The van der Waals surface area contributed by atoms with Gasteiger partial charge in [-0.15, -0.1) is 0 Å². The maximum atomic E-state index is 11.8. The van der Waals surface area contributed by atoms with Gasteiger partial charge >= 0.3 is 5.97 Å². The van der Waals surface area contributed by atoms with Gasteiger partial charge in [0, 0.05) is 24.5 Å². The molecule has 6 nitrogen and oxygen atoms in total. The molecule has 20 heavy (non-hydrogen) atoms. The van der Waals surface area contributed by atoms with E-state index in [-0.39, 0.29) is 24.8 Å². The molecule has 1 unspecified atom stereocenters. The SMILES string of the molecule is O=C(O)C1CC(=O)N(c2ncc3c(Cl)cccc3n2)C1. The Bertz CT molecular complexity index is 719. The summed E-state index contributed by atoms with van der Waals surface area (Å²) in [5, 5.41) is 10.2. The molecule has 0 saturated carbocycles. The van der Waals surface area contributed by atoms with Crippen LogP contribution in [0.1, 0.15) is 6.42 Å². The van der Waals surface area contributed by atoms with E-state index in [2.05, 4.69) is 9.97 Å². The molecule has 1 amide bonds. The molecule has 1 saturated heterocycles. The summed E-state index contributed by atoms with van der Waals surface area (Å²) in [7, 11) is 0. The zero-order valence-electron chi connectivity index (χ0n) is 10.3. The minimum absolute atomic E-state index is 0.0216. The van der Waals surface area contributed by atoms with Crippen molar-refractivity contribution in [3.05, 3.63) is 29.4 Å². The fourth-order valence-corrected chi connectivity index (χ4v) is 2.42. The fraction of sp³-hybridized carbons (Fsp3) is 0.231. The zero-order chi connectivity index (χ0) is 14.3. The molecule has 2 aromatic rings. The Balaban J connectivity index is 1.99. The molecule has 1 N–H and O–H groups in total. The number of carbonyl (C=O) groups excluding carboxylic acids is 1. The number of carboxylic acid groups (broad SMARTS) is 1. The Morgan fingerprint density at radius 2 is 2.25 bits per heavy atom. The Morgan fingerprint density at radius 1 is 1.45 bits per heavy atom. The number of nitrogens with zero attached hydrogens (tertiary/aromatic N) is 3. The van der Waals surface area contributed by atoms with E-state index in [1.807, 2.05) is 0 Å². The molecule has 1 atom stereocenters. The maximum absolute atomic E-state index is 11.8. The summed E-state index contributed by atoms with van der Waals surface area (Å²) in [6, 6.07) is 5.25. The minimum atomic E-state index is -0.982. The van der Waals surface area contributed by atoms with Crippen LogP contribution in [0.5, 0.6) is 0 Å². The lowest BCUT2D eigenvalue weighted by Gasteiger charge is -2.14. The number of rotatable bonds is 2. The maximum Gasteiger partial charge on any atom is 0.308 e. The largest absolute Gasteiger partial charge is 0.481 e. The highest BCUT2D eigenvalue weighted by Gasteiger charge is 2.36. The van der Waals surface area contributed by atoms with Crippen molar-refractivity contribution in [1.29, 1.82) is 0 Å². The number of halogens is 1. The third-order valence-corrected chi connectivity index (χ3v) is 3.60. The monoisotopic (exact) mass is 291 g/mol. The van der Waals surface area contributed by atoms with Crippen molar-refractivity contribution in [3.63, 3.8) is 0 Å². The van der Waals surface area contributed by atoms with Crippen molar-refractivity contribution >= 4 is 40.3 Å². The van der Waals surface area contributed by atoms with Crippen LogP contribution in [0.25, 0.3) is 10.9 Å². The second kappa shape index (κ2) is 4.72. The molecular formula is C13H10ClN3O3. The van der Waals surface area contributed by atoms with Crippen molar-refractivity contribution in [2.75, 3.05) is 11.4 Å². The van der Waals surface area contributed by atoms with Crippen LogP contribution in [0.2, 0.25) is 5.02 Å². The van der Waals surface area contributed by atoms with Crippen LogP contribution < -0.4 is 4.90 Å². The molecule has 3 rings (SSSR count). The van der Waals surface area contributed by atoms with Crippen LogP contribution in [-0.4, -0.2) is 33.5 Å². The van der Waals surface area contributed by atoms with Crippen LogP contribution in [0, 0.1) is 5.92 Å². The summed E-state index contributed by atoms with van der Waals surface area (Å²) >= 11 is 6.02. The van der Waals surface area contributed by atoms with Gasteiger partial charge in [-0.05, 0) is 12.1 Å². The highest BCUT2D eigenvalue weighted by molar-refractivity contribution is 6.35. The van der Waals surface area contributed by atoms with Crippen molar-refractivity contribution in [2.24, 2.45) is 5.92 Å². The van der Waals surface area contributed by atoms with Gasteiger partial charge in [0.15, 0.2) is 0 Å². The third-order valence-electron chi connectivity index (χ3n) is 3.28. The first kappa shape index (κ1) is 12.8. The quantitative estimate of drug-likeness (QED) is 0.911. The lowest BCUT2D eigenvalue weighted by Crippen LogP contribution is -2.27. The number of anilines is 1. The van der Waals surface area contributed by atoms with E-state index >= 15 is 0 Å². The standard InChI is InChI=1S/C13H10ClN3O3/c14-9-2-1-3-10-8(9)5-15-13(16-10)17-6-7(12(19)20)4-11(17)18/h1-3,5,7H,4,6H2,(H,19,20). The van der Waals surface area contributed by atoms with Crippen molar-refractivity contribution < 1.29 is 14.7 Å². The van der Waals surface area contributed by atoms with E-state index in [0.717, 1.165) is 0 Å². The van der Waals surface area contributed by atoms with Gasteiger partial charge in [0.2, 0.25) is 11.9 Å². The van der Waals surface area contributed by atoms with Crippen molar-refractivity contribution in [1.82, 2.24) is 9.97 Å². The van der Waals surface area contributed by atoms with Gasteiger partial charge in [0.1, 0.15) is 0 Å². The minimum Gasteiger partial charge on any atom is -0.481 e. The van der Waals surface area contributed by atoms with E-state index in [4.69, 9.17) is 16.7 Å². The van der Waals surface area contributed by atoms with Gasteiger partial charge in [-0.25, -0.2) is 9.97 Å². The van der Waals surface area contributed by atoms with Crippen LogP contribution in [-0.2, 0) is 9.59 Å². The molecular weight excluding hydrogens is 282 g/mol. The number of hydrogen-bond acceptors (Lipinski definition) is 4. The Labute approximate surface area is 119 Å². The van der Waals surface area contributed by atoms with Gasteiger partial charge in [0.05, 0.1) is 16.5 Å². The van der Waals surface area contributed by atoms with E-state index < -0.39 is 11.9 Å². The van der Waals surface area contributed by atoms with Crippen LogP contribution in [0.3, 0.4) is 0 Å². The number of aliphatic carboxylic acids is 1. The van der Waals surface area contributed by atoms with Crippen LogP contribution in [0.15, 0.2) is 24.4 Å². The van der Waals surface area contributed by atoms with Gasteiger partial charge in [-0.2, -0.15) is 0 Å². The molecule has 1 fully saturated rings. The van der Waals surface area contributed by atoms with Crippen LogP contribution in [0.4, 0.5) is 5.95 Å². The summed E-state index contributed by atoms with van der Waals surface area (Å²) in [4.78, 5) is 32.5. The summed E-state index contributed by atoms with van der Waals surface area (Å²) < 4.78 is 0. The molecule has 0 bridgehead atoms. The normalized spacial score (nSPS) is 18.8. The zero-order valence-corrected chi connectivity index (χ0v) is 11.0. The van der Waals surface area contributed by atoms with Gasteiger partial charge in [-0.1, -0.05) is 17.7 Å². The first-order valence-electron chi connectivity index (χ1n) is 6.00. The number of fused-ring (bicyclic) bond motifs is 1. The molecule has 2 heterocycles. The first-order chi connectivity index (χ1) is 9.56. The van der Waals surface area contributed by atoms with E-state index in [1.54, 1.807) is 24.4 Å². The molecule has 1 aliphatic rings. The predicted molar refractivity (Wildman–Crippen MR) is 72.6 cm³/mol. The Kier molecular flexibility index (Phi) is 3.02. The molecule has 1 aliphatic heterocycles. The summed E-state index contributed by atoms with van der Waals surface area (Å²) in [5.41, 5.74) is 0.620. The topological polar surface area (TPSA) is 83.4 Å². The second-order valence-electron chi connectivity index (χ2n) is 4.59. The number of aromatic nitrogens is 2. The molecule has 0 radical (unpaired) electrons. The lowest BCUT2D eigenvalue weighted by atomic mass is 10.1. The number of hydrogen-bond donors (Lipinski definition) is 1. The Hall–Kier alpha value is -2.21. The Morgan fingerprint density at radius 3 is 2.95 bits per heavy atom. The summed E-state index contributed by atoms with van der Waals surface area (Å²) in [6.45, 7) is 0.0975. The predicted octanol–water partition coefficient (Wildman–Crippen LogP) is 1.72. The smallest absolute Gasteiger partial charge is 0.308 e. The van der Waals surface area contributed by atoms with Crippen LogP contribution >= 0.6 is 11.6 Å². The third kappa shape index (κ3) is 2.08. The average molecular weight is 292 g/mol. The highest BCUT2D eigenvalue weighted by atomic mass is 35.5. The molecule has 102 valence electrons. The molecule has 0 spiro atoms. The first-order valence-corrected chi connectivity index (χ1v) is 6.38. The lowest BCUT2D eigenvalue weighted by molar-refractivity contribution is -0.141. The van der Waals surface area contributed by atoms with E-state index in [1.165, 1.54) is 4.90 Å². The number of benzene rings is 1. The van der Waals surface area contributed by atoms with Gasteiger partial charge in [0.25, 0.3) is 0 Å². The van der Waals surface area contributed by atoms with Gasteiger partial charge < -0.3 is 5.11 Å². The molecule has 1 aromatic carbocycles. The molecule has 1 aromatic heterocycles. The number of carbonyl (C=O) groups is 2. The number of amides is 1. The molecule has 0 aliphatic carbocycles. The summed E-state index contributed by atoms with van der Waals surface area (Å²) in [6.07, 6.45) is 1.52. The van der Waals surface area contributed by atoms with Crippen molar-refractivity contribution in [3.8, 4) is 0 Å². The van der Waals surface area contributed by atoms with Gasteiger partial charge in [-0.3, -0.25) is 14.5 Å².